The zero-order chi connectivity index (χ0) is 15.8. The van der Waals surface area contributed by atoms with E-state index in [9.17, 15) is 9.46 Å². The van der Waals surface area contributed by atoms with E-state index in [0.717, 1.165) is 25.7 Å². The van der Waals surface area contributed by atoms with Crippen LogP contribution in [-0.4, -0.2) is 41.2 Å². The first-order valence-corrected chi connectivity index (χ1v) is 10.2. The molecule has 0 unspecified atom stereocenters. The van der Waals surface area contributed by atoms with Gasteiger partial charge in [-0.1, -0.05) is 78.1 Å². The van der Waals surface area contributed by atoms with Gasteiger partial charge in [-0.25, -0.2) is 4.57 Å². The highest BCUT2D eigenvalue weighted by atomic mass is 31.2. The molecule has 0 aliphatic carbocycles. The van der Waals surface area contributed by atoms with Crippen molar-refractivity contribution in [1.29, 1.82) is 0 Å². The first-order valence-electron chi connectivity index (χ1n) is 8.74. The lowest BCUT2D eigenvalue weighted by molar-refractivity contribution is 0.145. The molecule has 0 amide bonds. The van der Waals surface area contributed by atoms with Gasteiger partial charge in [0.1, 0.15) is 0 Å². The summed E-state index contributed by atoms with van der Waals surface area (Å²) in [5, 5.41) is 0. The van der Waals surface area contributed by atoms with Gasteiger partial charge in [-0.2, -0.15) is 0 Å². The van der Waals surface area contributed by atoms with Crippen molar-refractivity contribution in [2.75, 3.05) is 13.2 Å². The van der Waals surface area contributed by atoms with Crippen LogP contribution in [0.4, 0.5) is 0 Å². The van der Waals surface area contributed by atoms with Gasteiger partial charge in [0.25, 0.3) is 0 Å². The Kier molecular flexibility index (Phi) is 20.8. The van der Waals surface area contributed by atoms with Crippen LogP contribution in [0.15, 0.2) is 0 Å². The average Bonchev–Trinajstić information content (AvgIpc) is 2.45. The van der Waals surface area contributed by atoms with Gasteiger partial charge in [0.2, 0.25) is 0 Å². The standard InChI is InChI=1S/C16H35O4P.Mg.2H/c1-3-5-7-9-11-13-15-19-21(17,18)20-16-14-12-10-8-6-4-2;;;/h3-16H2,1-2H3,(H,17,18);;;. The van der Waals surface area contributed by atoms with Gasteiger partial charge in [-0.15, -0.1) is 0 Å². The van der Waals surface area contributed by atoms with E-state index in [4.69, 9.17) is 9.05 Å². The van der Waals surface area contributed by atoms with Crippen LogP contribution in [-0.2, 0) is 13.6 Å². The molecule has 6 heteroatoms. The Bertz CT molecular complexity index is 243. The summed E-state index contributed by atoms with van der Waals surface area (Å²) in [6, 6.07) is 0. The van der Waals surface area contributed by atoms with Crippen LogP contribution in [0.5, 0.6) is 0 Å². The Morgan fingerprint density at radius 3 is 1.36 bits per heavy atom. The number of phosphoric acid groups is 1. The second kappa shape index (κ2) is 18.2. The van der Waals surface area contributed by atoms with Gasteiger partial charge >= 0.3 is 30.9 Å². The fourth-order valence-corrected chi connectivity index (χ4v) is 2.96. The van der Waals surface area contributed by atoms with Crippen LogP contribution in [0.25, 0.3) is 0 Å². The number of hydrogen-bond donors (Lipinski definition) is 1. The van der Waals surface area contributed by atoms with Crippen molar-refractivity contribution in [1.82, 2.24) is 0 Å². The summed E-state index contributed by atoms with van der Waals surface area (Å²) in [5.41, 5.74) is 0. The van der Waals surface area contributed by atoms with Gasteiger partial charge in [0.15, 0.2) is 0 Å². The van der Waals surface area contributed by atoms with Gasteiger partial charge in [0.05, 0.1) is 13.2 Å². The number of phosphoric ester groups is 1. The molecule has 0 aromatic rings. The molecule has 0 aliphatic heterocycles. The molecule has 0 saturated carbocycles. The molecule has 1 N–H and O–H groups in total. The Labute approximate surface area is 153 Å². The normalized spacial score (nSPS) is 11.4. The molecule has 0 saturated heterocycles. The lowest BCUT2D eigenvalue weighted by Crippen LogP contribution is -1.99. The Balaban J connectivity index is 0. The summed E-state index contributed by atoms with van der Waals surface area (Å²) < 4.78 is 21.5. The molecule has 22 heavy (non-hydrogen) atoms. The van der Waals surface area contributed by atoms with E-state index in [1.165, 1.54) is 51.4 Å². The zero-order valence-electron chi connectivity index (χ0n) is 14.0. The molecule has 132 valence electrons. The molecule has 0 atom stereocenters. The molecule has 0 radical (unpaired) electrons. The topological polar surface area (TPSA) is 55.8 Å². The lowest BCUT2D eigenvalue weighted by Gasteiger charge is -2.12. The fraction of sp³-hybridized carbons (Fsp3) is 1.00. The van der Waals surface area contributed by atoms with E-state index in [1.807, 2.05) is 0 Å². The van der Waals surface area contributed by atoms with Crippen molar-refractivity contribution in [2.45, 2.75) is 90.9 Å². The van der Waals surface area contributed by atoms with E-state index < -0.39 is 7.82 Å². The molecule has 0 aromatic carbocycles. The molecule has 0 aliphatic rings. The predicted molar refractivity (Wildman–Crippen MR) is 97.0 cm³/mol. The molecular weight excluding hydrogens is 311 g/mol. The highest BCUT2D eigenvalue weighted by molar-refractivity contribution is 7.47. The zero-order valence-corrected chi connectivity index (χ0v) is 14.9. The second-order valence-corrected chi connectivity index (χ2v) is 7.12. The lowest BCUT2D eigenvalue weighted by atomic mass is 10.1. The first-order chi connectivity index (χ1) is 10.1. The summed E-state index contributed by atoms with van der Waals surface area (Å²) in [6.45, 7) is 5.01. The largest absolute Gasteiger partial charge is 0.472 e. The fourth-order valence-electron chi connectivity index (χ4n) is 2.16. The molecule has 0 fully saturated rings. The highest BCUT2D eigenvalue weighted by Gasteiger charge is 2.19. The van der Waals surface area contributed by atoms with Crippen molar-refractivity contribution >= 4 is 30.9 Å². The number of unbranched alkanes of at least 4 members (excludes halogenated alkanes) is 10. The minimum atomic E-state index is -3.82. The van der Waals surface area contributed by atoms with Crippen LogP contribution < -0.4 is 0 Å². The summed E-state index contributed by atoms with van der Waals surface area (Å²) in [4.78, 5) is 9.51. The Morgan fingerprint density at radius 1 is 0.682 bits per heavy atom. The van der Waals surface area contributed by atoms with Crippen LogP contribution >= 0.6 is 7.82 Å². The summed E-state index contributed by atoms with van der Waals surface area (Å²) in [5.74, 6) is 0. The monoisotopic (exact) mass is 348 g/mol. The predicted octanol–water partition coefficient (Wildman–Crippen LogP) is 4.92. The van der Waals surface area contributed by atoms with Gasteiger partial charge in [0, 0.05) is 0 Å². The molecule has 0 spiro atoms. The van der Waals surface area contributed by atoms with Crippen molar-refractivity contribution in [3.05, 3.63) is 0 Å². The second-order valence-electron chi connectivity index (χ2n) is 5.67. The molecule has 4 nitrogen and oxygen atoms in total. The summed E-state index contributed by atoms with van der Waals surface area (Å²) in [6.07, 6.45) is 13.6. The summed E-state index contributed by atoms with van der Waals surface area (Å²) >= 11 is 0. The SMILES string of the molecule is CCCCCCCCOP(=O)(O)OCCCCCCCC.[MgH2]. The summed E-state index contributed by atoms with van der Waals surface area (Å²) in [7, 11) is -3.82. The quantitative estimate of drug-likeness (QED) is 0.244. The van der Waals surface area contributed by atoms with Crippen molar-refractivity contribution in [2.24, 2.45) is 0 Å². The minimum Gasteiger partial charge on any atom is -0.302 e. The third-order valence-corrected chi connectivity index (χ3v) is 4.52. The maximum absolute atomic E-state index is 11.6. The van der Waals surface area contributed by atoms with Crippen LogP contribution in [0.2, 0.25) is 0 Å². The van der Waals surface area contributed by atoms with Gasteiger partial charge in [-0.3, -0.25) is 9.05 Å². The first kappa shape index (κ1) is 25.1. The highest BCUT2D eigenvalue weighted by Crippen LogP contribution is 2.43. The molecule has 0 bridgehead atoms. The Hall–Kier alpha value is 0.876. The van der Waals surface area contributed by atoms with E-state index in [0.29, 0.717) is 13.2 Å². The van der Waals surface area contributed by atoms with E-state index in [-0.39, 0.29) is 23.1 Å². The molecule has 0 heterocycles. The average molecular weight is 349 g/mol. The Morgan fingerprint density at radius 2 is 1.00 bits per heavy atom. The molecule has 0 aromatic heterocycles. The molecular formula is C16H37MgO4P. The van der Waals surface area contributed by atoms with Crippen molar-refractivity contribution in [3.8, 4) is 0 Å². The van der Waals surface area contributed by atoms with Gasteiger partial charge < -0.3 is 4.89 Å². The number of hydrogen-bond acceptors (Lipinski definition) is 3. The maximum Gasteiger partial charge on any atom is 0.472 e. The number of rotatable bonds is 16. The molecule has 0 rings (SSSR count). The van der Waals surface area contributed by atoms with Crippen LogP contribution in [0.1, 0.15) is 90.9 Å². The minimum absolute atomic E-state index is 0. The van der Waals surface area contributed by atoms with E-state index >= 15 is 0 Å². The third kappa shape index (κ3) is 18.9. The van der Waals surface area contributed by atoms with Crippen LogP contribution in [0.3, 0.4) is 0 Å². The van der Waals surface area contributed by atoms with Crippen LogP contribution in [0, 0.1) is 0 Å². The van der Waals surface area contributed by atoms with Crippen molar-refractivity contribution < 1.29 is 18.5 Å². The van der Waals surface area contributed by atoms with E-state index in [2.05, 4.69) is 13.8 Å². The van der Waals surface area contributed by atoms with E-state index in [1.54, 1.807) is 0 Å². The smallest absolute Gasteiger partial charge is 0.302 e. The third-order valence-electron chi connectivity index (χ3n) is 3.50. The van der Waals surface area contributed by atoms with Crippen molar-refractivity contribution in [3.63, 3.8) is 0 Å². The van der Waals surface area contributed by atoms with Gasteiger partial charge in [-0.05, 0) is 12.8 Å². The maximum atomic E-state index is 11.6.